The molecule has 200 valence electrons. The van der Waals surface area contributed by atoms with Crippen molar-refractivity contribution in [3.8, 4) is 0 Å². The van der Waals surface area contributed by atoms with Crippen molar-refractivity contribution in [3.05, 3.63) is 128 Å². The van der Waals surface area contributed by atoms with Crippen molar-refractivity contribution >= 4 is 80.1 Å². The summed E-state index contributed by atoms with van der Waals surface area (Å²) in [6.07, 6.45) is 0. The molecule has 0 aliphatic rings. The van der Waals surface area contributed by atoms with E-state index in [0.717, 1.165) is 6.07 Å². The average molecular weight is 657 g/mol. The van der Waals surface area contributed by atoms with Gasteiger partial charge in [-0.1, -0.05) is 53.5 Å². The molecule has 39 heavy (non-hydrogen) atoms. The zero-order chi connectivity index (χ0) is 28.7. The minimum atomic E-state index is -1.16. The average Bonchev–Trinajstić information content (AvgIpc) is 2.92. The van der Waals surface area contributed by atoms with E-state index in [1.54, 1.807) is 30.3 Å². The van der Waals surface area contributed by atoms with Crippen molar-refractivity contribution in [2.45, 2.75) is 0 Å². The van der Waals surface area contributed by atoms with Crippen LogP contribution in [0.25, 0.3) is 0 Å². The van der Waals surface area contributed by atoms with Gasteiger partial charge in [-0.25, -0.2) is 18.0 Å². The molecule has 12 heteroatoms. The number of carbonyl (C=O) groups excluding carboxylic acids is 2. The van der Waals surface area contributed by atoms with Gasteiger partial charge in [-0.05, 0) is 70.5 Å². The van der Waals surface area contributed by atoms with Gasteiger partial charge in [-0.3, -0.25) is 9.59 Å². The Kier molecular flexibility index (Phi) is 10.4. The summed E-state index contributed by atoms with van der Waals surface area (Å²) in [6, 6.07) is 20.6. The summed E-state index contributed by atoms with van der Waals surface area (Å²) < 4.78 is 27.5. The lowest BCUT2D eigenvalue weighted by molar-refractivity contribution is 0.0697. The molecule has 4 rings (SSSR count). The van der Waals surface area contributed by atoms with E-state index in [2.05, 4.69) is 21.2 Å². The molecule has 0 bridgehead atoms. The van der Waals surface area contributed by atoms with Crippen molar-refractivity contribution in [3.63, 3.8) is 0 Å². The van der Waals surface area contributed by atoms with Crippen molar-refractivity contribution in [1.82, 2.24) is 0 Å². The van der Waals surface area contributed by atoms with Crippen LogP contribution in [0.4, 0.5) is 20.2 Å². The van der Waals surface area contributed by atoms with Gasteiger partial charge >= 0.3 is 5.97 Å². The van der Waals surface area contributed by atoms with E-state index in [1.807, 2.05) is 0 Å². The van der Waals surface area contributed by atoms with Gasteiger partial charge in [0.2, 0.25) is 0 Å². The number of hydrogen-bond donors (Lipinski definition) is 2. The maximum Gasteiger partial charge on any atom is 0.337 e. The van der Waals surface area contributed by atoms with Crippen LogP contribution in [0.3, 0.4) is 0 Å². The van der Waals surface area contributed by atoms with Crippen LogP contribution in [0.5, 0.6) is 0 Å². The molecule has 0 spiro atoms. The minimum Gasteiger partial charge on any atom is -0.478 e. The number of halogens is 6. The molecule has 0 atom stereocenters. The Bertz CT molecular complexity index is 1540. The predicted octanol–water partition coefficient (Wildman–Crippen LogP) is 8.47. The number of carboxylic acids is 1. The Morgan fingerprint density at radius 3 is 2.13 bits per heavy atom. The first-order chi connectivity index (χ1) is 18.5. The third-order valence-electron chi connectivity index (χ3n) is 5.01. The van der Waals surface area contributed by atoms with Gasteiger partial charge in [0.1, 0.15) is 5.69 Å². The van der Waals surface area contributed by atoms with Crippen LogP contribution in [0.15, 0.2) is 89.4 Å². The Labute approximate surface area is 245 Å². The lowest BCUT2D eigenvalue weighted by Crippen LogP contribution is -2.21. The van der Waals surface area contributed by atoms with E-state index >= 15 is 0 Å². The summed E-state index contributed by atoms with van der Waals surface area (Å²) in [4.78, 5) is 35.3. The van der Waals surface area contributed by atoms with Gasteiger partial charge in [0, 0.05) is 27.4 Å². The lowest BCUT2D eigenvalue weighted by Gasteiger charge is -2.14. The van der Waals surface area contributed by atoms with Gasteiger partial charge in [-0.15, -0.1) is 0 Å². The molecule has 0 aromatic heterocycles. The van der Waals surface area contributed by atoms with Gasteiger partial charge in [-0.2, -0.15) is 0 Å². The van der Waals surface area contributed by atoms with Crippen LogP contribution in [0.2, 0.25) is 10.0 Å². The predicted molar refractivity (Wildman–Crippen MR) is 151 cm³/mol. The first kappa shape index (κ1) is 30.0. The van der Waals surface area contributed by atoms with E-state index in [0.29, 0.717) is 13.9 Å². The van der Waals surface area contributed by atoms with Crippen molar-refractivity contribution in [2.24, 2.45) is 0 Å². The highest BCUT2D eigenvalue weighted by molar-refractivity contribution is 9.10. The van der Waals surface area contributed by atoms with Gasteiger partial charge < -0.3 is 10.4 Å². The maximum absolute atomic E-state index is 13.5. The molecule has 2 amide bonds. The highest BCUT2D eigenvalue weighted by atomic mass is 79.9. The van der Waals surface area contributed by atoms with Crippen molar-refractivity contribution in [1.29, 1.82) is 0 Å². The monoisotopic (exact) mass is 654 g/mol. The first-order valence-corrected chi connectivity index (χ1v) is 12.7. The smallest absolute Gasteiger partial charge is 0.337 e. The van der Waals surface area contributed by atoms with Crippen LogP contribution >= 0.6 is 50.9 Å². The summed E-state index contributed by atoms with van der Waals surface area (Å²) >= 11 is 20.6. The second-order valence-electron chi connectivity index (χ2n) is 7.58. The molecule has 0 fully saturated rings. The standard InChI is InChI=1S/C14H8BrCl2NO3.C13H8ClF2NO/c15-9-3-1-2-8(14(20)21)12(9)18-13(19)7-4-5-10(16)11(17)6-7;14-17(11-8-4-7-10(15)12(11)16)13(18)9-5-2-1-3-6-9/h1-6H,(H,18,19)(H,20,21);1-8H. The molecule has 0 unspecified atom stereocenters. The van der Waals surface area contributed by atoms with Crippen LogP contribution < -0.4 is 9.74 Å². The van der Waals surface area contributed by atoms with Crippen LogP contribution in [-0.2, 0) is 0 Å². The van der Waals surface area contributed by atoms with E-state index in [4.69, 9.17) is 40.1 Å². The van der Waals surface area contributed by atoms with Crippen LogP contribution in [-0.4, -0.2) is 22.9 Å². The summed E-state index contributed by atoms with van der Waals surface area (Å²) in [5.41, 5.74) is 0.414. The molecule has 0 heterocycles. The fraction of sp³-hybridized carbons (Fsp3) is 0. The number of para-hydroxylation sites is 1. The van der Waals surface area contributed by atoms with Gasteiger partial charge in [0.05, 0.1) is 21.3 Å². The quantitative estimate of drug-likeness (QED) is 0.211. The molecule has 0 saturated heterocycles. The van der Waals surface area contributed by atoms with Crippen molar-refractivity contribution in [2.75, 3.05) is 9.74 Å². The molecule has 0 saturated carbocycles. The van der Waals surface area contributed by atoms with Crippen LogP contribution in [0, 0.1) is 11.6 Å². The molecule has 0 aliphatic heterocycles. The number of benzene rings is 4. The van der Waals surface area contributed by atoms with E-state index < -0.39 is 29.4 Å². The molecule has 2 N–H and O–H groups in total. The Morgan fingerprint density at radius 2 is 1.49 bits per heavy atom. The largest absolute Gasteiger partial charge is 0.478 e. The number of carbonyl (C=O) groups is 3. The number of amides is 2. The van der Waals surface area contributed by atoms with E-state index in [1.165, 1.54) is 48.5 Å². The number of anilines is 2. The topological polar surface area (TPSA) is 86.7 Å². The third kappa shape index (κ3) is 7.54. The lowest BCUT2D eigenvalue weighted by atomic mass is 10.1. The second-order valence-corrected chi connectivity index (χ2v) is 9.58. The van der Waals surface area contributed by atoms with E-state index in [9.17, 15) is 23.2 Å². The zero-order valence-corrected chi connectivity index (χ0v) is 23.3. The number of hydrogen-bond acceptors (Lipinski definition) is 3. The highest BCUT2D eigenvalue weighted by Crippen LogP contribution is 2.28. The number of nitrogens with one attached hydrogen (secondary N) is 1. The molecule has 6 nitrogen and oxygen atoms in total. The molecule has 4 aromatic carbocycles. The molecular formula is C27H16BrCl3F2N2O4. The summed E-state index contributed by atoms with van der Waals surface area (Å²) in [5, 5.41) is 12.3. The zero-order valence-electron chi connectivity index (χ0n) is 19.5. The SMILES string of the molecule is O=C(Nc1c(Br)cccc1C(=O)O)c1ccc(Cl)c(Cl)c1.O=C(c1ccccc1)N(Cl)c1cccc(F)c1F. The summed E-state index contributed by atoms with van der Waals surface area (Å²) in [7, 11) is 0. The number of nitrogens with zero attached hydrogens (tertiary/aromatic N) is 1. The summed E-state index contributed by atoms with van der Waals surface area (Å²) in [5.74, 6) is -4.46. The first-order valence-electron chi connectivity index (χ1n) is 10.8. The normalized spacial score (nSPS) is 10.2. The Balaban J connectivity index is 0.000000218. The number of rotatable bonds is 5. The highest BCUT2D eigenvalue weighted by Gasteiger charge is 2.20. The summed E-state index contributed by atoms with van der Waals surface area (Å²) in [6.45, 7) is 0. The number of carboxylic acid groups (broad SMARTS) is 1. The van der Waals surface area contributed by atoms with Gasteiger partial charge in [0.25, 0.3) is 11.8 Å². The molecular weight excluding hydrogens is 641 g/mol. The number of aromatic carboxylic acids is 1. The van der Waals surface area contributed by atoms with Gasteiger partial charge in [0.15, 0.2) is 11.6 Å². The van der Waals surface area contributed by atoms with Crippen LogP contribution in [0.1, 0.15) is 31.1 Å². The fourth-order valence-corrected chi connectivity index (χ4v) is 4.09. The molecule has 4 aromatic rings. The van der Waals surface area contributed by atoms with Crippen molar-refractivity contribution < 1.29 is 28.3 Å². The Morgan fingerprint density at radius 1 is 0.821 bits per heavy atom. The fourth-order valence-electron chi connectivity index (χ4n) is 3.10. The third-order valence-corrected chi connectivity index (χ3v) is 6.74. The maximum atomic E-state index is 13.5. The molecule has 0 aliphatic carbocycles. The minimum absolute atomic E-state index is 0.0159. The Hall–Kier alpha value is -3.50. The molecule has 0 radical (unpaired) electrons. The van der Waals surface area contributed by atoms with E-state index in [-0.39, 0.29) is 33.1 Å². The second kappa shape index (κ2) is 13.5.